The molecule has 0 saturated carbocycles. The summed E-state index contributed by atoms with van der Waals surface area (Å²) in [5.74, 6) is 0. The first-order valence-electron chi connectivity index (χ1n) is 7.35. The van der Waals surface area contributed by atoms with Crippen LogP contribution in [0.25, 0.3) is 0 Å². The van der Waals surface area contributed by atoms with Crippen molar-refractivity contribution in [1.82, 2.24) is 4.72 Å². The van der Waals surface area contributed by atoms with Crippen LogP contribution in [0.1, 0.15) is 11.1 Å². The normalized spacial score (nSPS) is 11.2. The molecular weight excluding hydrogens is 330 g/mol. The molecular formula is C16H19N3O4S. The summed E-state index contributed by atoms with van der Waals surface area (Å²) in [5.41, 5.74) is 2.34. The fourth-order valence-corrected chi connectivity index (χ4v) is 3.07. The summed E-state index contributed by atoms with van der Waals surface area (Å²) in [6, 6.07) is 11.7. The van der Waals surface area contributed by atoms with Crippen LogP contribution in [0.15, 0.2) is 47.4 Å². The van der Waals surface area contributed by atoms with Crippen LogP contribution in [-0.4, -0.2) is 26.9 Å². The number of nitrogens with one attached hydrogen (secondary N) is 2. The second-order valence-corrected chi connectivity index (χ2v) is 7.13. The molecule has 2 aromatic rings. The molecule has 128 valence electrons. The van der Waals surface area contributed by atoms with E-state index in [4.69, 9.17) is 0 Å². The lowest BCUT2D eigenvalue weighted by Gasteiger charge is -2.10. The highest BCUT2D eigenvalue weighted by Gasteiger charge is 2.20. The molecule has 8 heteroatoms. The van der Waals surface area contributed by atoms with Gasteiger partial charge in [0.15, 0.2) is 0 Å². The van der Waals surface area contributed by atoms with Crippen molar-refractivity contribution in [2.75, 3.05) is 18.9 Å². The van der Waals surface area contributed by atoms with Crippen molar-refractivity contribution in [1.29, 1.82) is 0 Å². The zero-order valence-corrected chi connectivity index (χ0v) is 14.3. The van der Waals surface area contributed by atoms with Gasteiger partial charge in [0.25, 0.3) is 5.69 Å². The minimum Gasteiger partial charge on any atom is -0.379 e. The summed E-state index contributed by atoms with van der Waals surface area (Å²) in [7, 11) is -2.46. The molecule has 24 heavy (non-hydrogen) atoms. The van der Waals surface area contributed by atoms with Gasteiger partial charge in [-0.3, -0.25) is 10.1 Å². The van der Waals surface area contributed by atoms with Crippen molar-refractivity contribution in [3.8, 4) is 0 Å². The first-order chi connectivity index (χ1) is 11.3. The third-order valence-corrected chi connectivity index (χ3v) is 5.13. The number of rotatable bonds is 7. The highest BCUT2D eigenvalue weighted by Crippen LogP contribution is 2.27. The Labute approximate surface area is 140 Å². The monoisotopic (exact) mass is 349 g/mol. The molecule has 0 fully saturated rings. The average molecular weight is 349 g/mol. The number of hydrogen-bond donors (Lipinski definition) is 2. The minimum atomic E-state index is -3.72. The maximum atomic E-state index is 11.8. The maximum Gasteiger partial charge on any atom is 0.293 e. The lowest BCUT2D eigenvalue weighted by atomic mass is 10.1. The van der Waals surface area contributed by atoms with Gasteiger partial charge in [-0.05, 0) is 43.7 Å². The maximum absolute atomic E-state index is 11.8. The number of sulfonamides is 1. The van der Waals surface area contributed by atoms with Gasteiger partial charge in [0.2, 0.25) is 10.0 Å². The number of benzene rings is 2. The molecule has 7 nitrogen and oxygen atoms in total. The number of nitro groups is 1. The fraction of sp³-hybridized carbons (Fsp3) is 0.250. The number of hydrogen-bond acceptors (Lipinski definition) is 5. The third kappa shape index (κ3) is 4.09. The topological polar surface area (TPSA) is 101 Å². The second-order valence-electron chi connectivity index (χ2n) is 5.25. The van der Waals surface area contributed by atoms with Crippen molar-refractivity contribution < 1.29 is 13.3 Å². The Morgan fingerprint density at radius 1 is 1.17 bits per heavy atom. The molecule has 0 atom stereocenters. The highest BCUT2D eigenvalue weighted by atomic mass is 32.2. The Morgan fingerprint density at radius 3 is 2.50 bits per heavy atom. The van der Waals surface area contributed by atoms with Crippen molar-refractivity contribution in [2.24, 2.45) is 0 Å². The minimum absolute atomic E-state index is 0.138. The molecule has 0 radical (unpaired) electrons. The van der Waals surface area contributed by atoms with E-state index in [1.807, 2.05) is 31.2 Å². The summed E-state index contributed by atoms with van der Waals surface area (Å²) in [5, 5.41) is 14.2. The molecule has 0 bridgehead atoms. The van der Waals surface area contributed by atoms with Crippen molar-refractivity contribution >= 4 is 21.4 Å². The van der Waals surface area contributed by atoms with E-state index in [1.165, 1.54) is 19.2 Å². The largest absolute Gasteiger partial charge is 0.379 e. The van der Waals surface area contributed by atoms with Crippen LogP contribution < -0.4 is 10.0 Å². The van der Waals surface area contributed by atoms with Crippen LogP contribution in [0.4, 0.5) is 11.4 Å². The lowest BCUT2D eigenvalue weighted by molar-refractivity contribution is -0.384. The van der Waals surface area contributed by atoms with Gasteiger partial charge in [-0.1, -0.05) is 24.3 Å². The van der Waals surface area contributed by atoms with E-state index in [0.717, 1.165) is 17.2 Å². The summed E-state index contributed by atoms with van der Waals surface area (Å²) in [6.45, 7) is 2.51. The number of nitrogens with zero attached hydrogens (tertiary/aromatic N) is 1. The number of anilines is 1. The molecule has 0 unspecified atom stereocenters. The number of aryl methyl sites for hydroxylation is 1. The van der Waals surface area contributed by atoms with E-state index in [1.54, 1.807) is 0 Å². The molecule has 0 saturated heterocycles. The Hall–Kier alpha value is -2.45. The predicted molar refractivity (Wildman–Crippen MR) is 92.7 cm³/mol. The van der Waals surface area contributed by atoms with E-state index >= 15 is 0 Å². The smallest absolute Gasteiger partial charge is 0.293 e. The van der Waals surface area contributed by atoms with E-state index in [9.17, 15) is 18.5 Å². The van der Waals surface area contributed by atoms with Gasteiger partial charge >= 0.3 is 0 Å². The summed E-state index contributed by atoms with van der Waals surface area (Å²) in [4.78, 5) is 10.5. The molecule has 2 aromatic carbocycles. The molecule has 0 aromatic heterocycles. The molecule has 0 aliphatic heterocycles. The van der Waals surface area contributed by atoms with Crippen LogP contribution in [0.2, 0.25) is 0 Å². The Bertz CT molecular complexity index is 850. The van der Waals surface area contributed by atoms with E-state index < -0.39 is 14.9 Å². The van der Waals surface area contributed by atoms with Crippen molar-refractivity contribution in [3.05, 3.63) is 63.7 Å². The SMILES string of the molecule is CNS(=O)(=O)c1ccc(NCCc2ccccc2C)c([N+](=O)[O-])c1. The average Bonchev–Trinajstić information content (AvgIpc) is 2.56. The molecule has 2 rings (SSSR count). The molecule has 0 amide bonds. The molecule has 0 spiro atoms. The van der Waals surface area contributed by atoms with Gasteiger partial charge in [-0.2, -0.15) is 0 Å². The molecule has 0 aliphatic carbocycles. The van der Waals surface area contributed by atoms with Gasteiger partial charge in [-0.15, -0.1) is 0 Å². The van der Waals surface area contributed by atoms with Crippen LogP contribution in [-0.2, 0) is 16.4 Å². The Balaban J connectivity index is 2.18. The Kier molecular flexibility index (Phi) is 5.53. The quantitative estimate of drug-likeness (QED) is 0.591. The van der Waals surface area contributed by atoms with E-state index in [0.29, 0.717) is 18.7 Å². The van der Waals surface area contributed by atoms with Gasteiger partial charge in [-0.25, -0.2) is 13.1 Å². The first-order valence-corrected chi connectivity index (χ1v) is 8.84. The fourth-order valence-electron chi connectivity index (χ4n) is 2.32. The molecule has 0 aliphatic rings. The predicted octanol–water partition coefficient (Wildman–Crippen LogP) is 2.47. The van der Waals surface area contributed by atoms with Crippen LogP contribution in [0.5, 0.6) is 0 Å². The van der Waals surface area contributed by atoms with Crippen LogP contribution in [0.3, 0.4) is 0 Å². The van der Waals surface area contributed by atoms with Gasteiger partial charge < -0.3 is 5.32 Å². The zero-order chi connectivity index (χ0) is 17.7. The lowest BCUT2D eigenvalue weighted by Crippen LogP contribution is -2.19. The van der Waals surface area contributed by atoms with Gasteiger partial charge in [0, 0.05) is 12.6 Å². The first kappa shape index (κ1) is 17.9. The molecule has 0 heterocycles. The number of nitro benzene ring substituents is 1. The van der Waals surface area contributed by atoms with Crippen molar-refractivity contribution in [3.63, 3.8) is 0 Å². The van der Waals surface area contributed by atoms with E-state index in [2.05, 4.69) is 10.0 Å². The summed E-state index contributed by atoms with van der Waals surface area (Å²) >= 11 is 0. The van der Waals surface area contributed by atoms with Gasteiger partial charge in [0.05, 0.1) is 9.82 Å². The van der Waals surface area contributed by atoms with E-state index in [-0.39, 0.29) is 10.6 Å². The molecule has 2 N–H and O–H groups in total. The standard InChI is InChI=1S/C16H19N3O4S/c1-12-5-3-4-6-13(12)9-10-18-15-8-7-14(24(22,23)17-2)11-16(15)19(20)21/h3-8,11,17-18H,9-10H2,1-2H3. The highest BCUT2D eigenvalue weighted by molar-refractivity contribution is 7.89. The van der Waals surface area contributed by atoms with Gasteiger partial charge in [0.1, 0.15) is 5.69 Å². The zero-order valence-electron chi connectivity index (χ0n) is 13.4. The Morgan fingerprint density at radius 2 is 1.88 bits per heavy atom. The van der Waals surface area contributed by atoms with Crippen LogP contribution >= 0.6 is 0 Å². The van der Waals surface area contributed by atoms with Crippen molar-refractivity contribution in [2.45, 2.75) is 18.2 Å². The second kappa shape index (κ2) is 7.41. The third-order valence-electron chi connectivity index (χ3n) is 3.72. The van der Waals surface area contributed by atoms with Crippen LogP contribution in [0, 0.1) is 17.0 Å². The summed E-state index contributed by atoms with van der Waals surface area (Å²) in [6.07, 6.45) is 0.709. The summed E-state index contributed by atoms with van der Waals surface area (Å²) < 4.78 is 25.7.